The summed E-state index contributed by atoms with van der Waals surface area (Å²) in [4.78, 5) is 3.30. The topological polar surface area (TPSA) is 48.0 Å². The largest absolute Gasteiger partial charge is 0.508 e. The van der Waals surface area contributed by atoms with Crippen molar-refractivity contribution in [2.75, 3.05) is 6.54 Å². The Balaban J connectivity index is 0.00000210. The van der Waals surface area contributed by atoms with Gasteiger partial charge in [-0.1, -0.05) is 42.8 Å². The van der Waals surface area contributed by atoms with E-state index in [0.29, 0.717) is 11.8 Å². The summed E-state index contributed by atoms with van der Waals surface area (Å²) in [5.74, 6) is 0.338. The van der Waals surface area contributed by atoms with Gasteiger partial charge in [0.25, 0.3) is 0 Å². The minimum Gasteiger partial charge on any atom is -0.508 e. The minimum atomic E-state index is 0. The number of hydrogen-bond acceptors (Lipinski definition) is 2. The molecule has 142 valence electrons. The van der Waals surface area contributed by atoms with Crippen LogP contribution in [0.5, 0.6) is 5.75 Å². The highest BCUT2D eigenvalue weighted by Gasteiger charge is 2.15. The summed E-state index contributed by atoms with van der Waals surface area (Å²) < 4.78 is 0. The highest BCUT2D eigenvalue weighted by atomic mass is 35.5. The van der Waals surface area contributed by atoms with Crippen LogP contribution in [0.2, 0.25) is 0 Å². The molecule has 4 heteroatoms. The summed E-state index contributed by atoms with van der Waals surface area (Å²) in [5.41, 5.74) is 5.24. The standard InChI is InChI=1S/C23H26N2O.ClH/c26-21-10-11-23-22(15-21)19(16-25-23)8-4-5-9-20-14-18(12-13-24-20)17-6-2-1-3-7-17;/h1-3,6-7,10-12,15-16,20,24-26H,4-5,8-9,13-14H2;1H. The predicted molar refractivity (Wildman–Crippen MR) is 116 cm³/mol. The lowest BCUT2D eigenvalue weighted by Gasteiger charge is -2.24. The molecule has 0 aliphatic carbocycles. The highest BCUT2D eigenvalue weighted by molar-refractivity contribution is 5.85. The van der Waals surface area contributed by atoms with E-state index < -0.39 is 0 Å². The Hall–Kier alpha value is -2.23. The molecule has 3 nitrogen and oxygen atoms in total. The van der Waals surface area contributed by atoms with Crippen molar-refractivity contribution in [1.82, 2.24) is 10.3 Å². The zero-order valence-electron chi connectivity index (χ0n) is 15.4. The van der Waals surface area contributed by atoms with Gasteiger partial charge in [0.05, 0.1) is 0 Å². The quantitative estimate of drug-likeness (QED) is 0.496. The molecule has 0 bridgehead atoms. The molecule has 1 aliphatic heterocycles. The normalized spacial score (nSPS) is 16.7. The van der Waals surface area contributed by atoms with E-state index in [1.54, 1.807) is 6.07 Å². The first-order valence-electron chi connectivity index (χ1n) is 9.56. The number of halogens is 1. The second-order valence-corrected chi connectivity index (χ2v) is 7.19. The van der Waals surface area contributed by atoms with Crippen molar-refractivity contribution in [1.29, 1.82) is 0 Å². The van der Waals surface area contributed by atoms with E-state index in [2.05, 4.69) is 52.9 Å². The summed E-state index contributed by atoms with van der Waals surface area (Å²) in [6, 6.07) is 16.8. The molecule has 0 saturated heterocycles. The molecule has 0 amide bonds. The summed E-state index contributed by atoms with van der Waals surface area (Å²) in [5, 5.41) is 14.5. The van der Waals surface area contributed by atoms with Crippen LogP contribution in [-0.4, -0.2) is 22.7 Å². The smallest absolute Gasteiger partial charge is 0.116 e. The van der Waals surface area contributed by atoms with E-state index >= 15 is 0 Å². The van der Waals surface area contributed by atoms with Gasteiger partial charge < -0.3 is 15.4 Å². The number of aromatic amines is 1. The number of phenols is 1. The van der Waals surface area contributed by atoms with Gasteiger partial charge in [-0.3, -0.25) is 0 Å². The Morgan fingerprint density at radius 2 is 1.89 bits per heavy atom. The molecular weight excluding hydrogens is 356 g/mol. The third kappa shape index (κ3) is 4.74. The van der Waals surface area contributed by atoms with Crippen LogP contribution in [0.1, 0.15) is 36.8 Å². The molecule has 2 aromatic carbocycles. The molecule has 0 fully saturated rings. The Kier molecular flexibility index (Phi) is 6.59. The maximum absolute atomic E-state index is 9.71. The molecule has 1 aliphatic rings. The SMILES string of the molecule is Cl.Oc1ccc2[nH]cc(CCCCC3CC(c4ccccc4)=CCN3)c2c1. The Bertz CT molecular complexity index is 901. The molecule has 1 aromatic heterocycles. The molecule has 1 unspecified atom stereocenters. The first kappa shape index (κ1) is 19.5. The molecule has 27 heavy (non-hydrogen) atoms. The molecule has 0 spiro atoms. The van der Waals surface area contributed by atoms with Crippen LogP contribution < -0.4 is 5.32 Å². The number of fused-ring (bicyclic) bond motifs is 1. The maximum atomic E-state index is 9.71. The number of aromatic nitrogens is 1. The van der Waals surface area contributed by atoms with Crippen molar-refractivity contribution in [2.45, 2.75) is 38.1 Å². The van der Waals surface area contributed by atoms with Crippen LogP contribution in [0.3, 0.4) is 0 Å². The Morgan fingerprint density at radius 1 is 1.04 bits per heavy atom. The van der Waals surface area contributed by atoms with Crippen LogP contribution in [0.4, 0.5) is 0 Å². The van der Waals surface area contributed by atoms with Gasteiger partial charge in [0, 0.05) is 29.7 Å². The van der Waals surface area contributed by atoms with Crippen molar-refractivity contribution in [3.05, 3.63) is 71.9 Å². The van der Waals surface area contributed by atoms with Crippen molar-refractivity contribution < 1.29 is 5.11 Å². The van der Waals surface area contributed by atoms with Gasteiger partial charge in [-0.2, -0.15) is 0 Å². The lowest BCUT2D eigenvalue weighted by Crippen LogP contribution is -2.32. The summed E-state index contributed by atoms with van der Waals surface area (Å²) in [7, 11) is 0. The van der Waals surface area contributed by atoms with Crippen LogP contribution in [0.15, 0.2) is 60.8 Å². The van der Waals surface area contributed by atoms with Gasteiger partial charge in [0.2, 0.25) is 0 Å². The van der Waals surface area contributed by atoms with Crippen molar-refractivity contribution in [2.24, 2.45) is 0 Å². The Morgan fingerprint density at radius 3 is 2.74 bits per heavy atom. The fourth-order valence-electron chi connectivity index (χ4n) is 3.94. The molecule has 0 saturated carbocycles. The number of H-pyrrole nitrogens is 1. The van der Waals surface area contributed by atoms with Gasteiger partial charge in [0.15, 0.2) is 0 Å². The van der Waals surface area contributed by atoms with E-state index in [1.165, 1.54) is 36.0 Å². The average Bonchev–Trinajstić information content (AvgIpc) is 3.08. The number of unbranched alkanes of at least 4 members (excludes halogenated alkanes) is 1. The van der Waals surface area contributed by atoms with E-state index in [4.69, 9.17) is 0 Å². The van der Waals surface area contributed by atoms with Crippen LogP contribution in [0.25, 0.3) is 16.5 Å². The summed E-state index contributed by atoms with van der Waals surface area (Å²) in [6.07, 6.45) is 10.2. The fourth-order valence-corrected chi connectivity index (χ4v) is 3.94. The number of phenolic OH excluding ortho intramolecular Hbond substituents is 1. The third-order valence-electron chi connectivity index (χ3n) is 5.37. The second-order valence-electron chi connectivity index (χ2n) is 7.19. The van der Waals surface area contributed by atoms with Gasteiger partial charge >= 0.3 is 0 Å². The number of aryl methyl sites for hydroxylation is 1. The number of benzene rings is 2. The molecule has 0 radical (unpaired) electrons. The molecule has 2 heterocycles. The van der Waals surface area contributed by atoms with Gasteiger partial charge in [0.1, 0.15) is 5.75 Å². The van der Waals surface area contributed by atoms with Crippen molar-refractivity contribution >= 4 is 28.9 Å². The molecule has 3 N–H and O–H groups in total. The van der Waals surface area contributed by atoms with Crippen LogP contribution >= 0.6 is 12.4 Å². The molecule has 4 rings (SSSR count). The van der Waals surface area contributed by atoms with E-state index in [1.807, 2.05) is 12.1 Å². The molecule has 1 atom stereocenters. The highest BCUT2D eigenvalue weighted by Crippen LogP contribution is 2.26. The lowest BCUT2D eigenvalue weighted by molar-refractivity contribution is 0.476. The number of hydrogen-bond donors (Lipinski definition) is 3. The van der Waals surface area contributed by atoms with E-state index in [-0.39, 0.29) is 12.4 Å². The predicted octanol–water partition coefficient (Wildman–Crippen LogP) is 5.45. The second kappa shape index (κ2) is 9.12. The molecule has 3 aromatic rings. The summed E-state index contributed by atoms with van der Waals surface area (Å²) in [6.45, 7) is 0.969. The number of rotatable bonds is 6. The third-order valence-corrected chi connectivity index (χ3v) is 5.37. The first-order chi connectivity index (χ1) is 12.8. The zero-order chi connectivity index (χ0) is 17.8. The monoisotopic (exact) mass is 382 g/mol. The fraction of sp³-hybridized carbons (Fsp3) is 0.304. The number of aromatic hydroxyl groups is 1. The summed E-state index contributed by atoms with van der Waals surface area (Å²) >= 11 is 0. The molecular formula is C23H27ClN2O. The van der Waals surface area contributed by atoms with Gasteiger partial charge in [-0.15, -0.1) is 12.4 Å². The average molecular weight is 383 g/mol. The Labute approximate surface area is 166 Å². The zero-order valence-corrected chi connectivity index (χ0v) is 16.3. The van der Waals surface area contributed by atoms with Crippen molar-refractivity contribution in [3.63, 3.8) is 0 Å². The van der Waals surface area contributed by atoms with Gasteiger partial charge in [-0.25, -0.2) is 0 Å². The van der Waals surface area contributed by atoms with Gasteiger partial charge in [-0.05, 0) is 60.6 Å². The van der Waals surface area contributed by atoms with E-state index in [9.17, 15) is 5.11 Å². The van der Waals surface area contributed by atoms with Crippen LogP contribution in [-0.2, 0) is 6.42 Å². The van der Waals surface area contributed by atoms with Crippen LogP contribution in [0, 0.1) is 0 Å². The maximum Gasteiger partial charge on any atom is 0.116 e. The van der Waals surface area contributed by atoms with E-state index in [0.717, 1.165) is 30.3 Å². The first-order valence-corrected chi connectivity index (χ1v) is 9.56. The lowest BCUT2D eigenvalue weighted by atomic mass is 9.92. The van der Waals surface area contributed by atoms with Crippen molar-refractivity contribution in [3.8, 4) is 5.75 Å². The minimum absolute atomic E-state index is 0. The number of nitrogens with one attached hydrogen (secondary N) is 2.